The topological polar surface area (TPSA) is 65.2 Å². The molecule has 0 aromatic heterocycles. The fraction of sp³-hybridized carbons (Fsp3) is 0.846. The van der Waals surface area contributed by atoms with Gasteiger partial charge < -0.3 is 10.4 Å². The van der Waals surface area contributed by atoms with Crippen LogP contribution in [0.3, 0.4) is 0 Å². The standard InChI is InChI=1S/C13H26N2O2/c1-3-13(15-17)11-9-7-5-4-6-8-10-12(2)14-16/h16-17H,3-11H2,1-2H3. The minimum atomic E-state index is 0.816. The molecule has 4 nitrogen and oxygen atoms in total. The molecule has 0 atom stereocenters. The highest BCUT2D eigenvalue weighted by Gasteiger charge is 1.97. The number of oxime groups is 2. The summed E-state index contributed by atoms with van der Waals surface area (Å²) in [5.74, 6) is 0. The molecule has 0 aliphatic heterocycles. The summed E-state index contributed by atoms with van der Waals surface area (Å²) in [6.07, 6.45) is 9.74. The molecule has 0 radical (unpaired) electrons. The number of hydrogen-bond donors (Lipinski definition) is 2. The first-order chi connectivity index (χ1) is 8.24. The van der Waals surface area contributed by atoms with Crippen molar-refractivity contribution in [2.24, 2.45) is 10.3 Å². The van der Waals surface area contributed by atoms with Gasteiger partial charge in [-0.3, -0.25) is 0 Å². The van der Waals surface area contributed by atoms with E-state index in [1.54, 1.807) is 0 Å². The molecule has 0 heterocycles. The SMILES string of the molecule is CCC(CCCCCCCCC(C)=NO)=NO. The predicted octanol–water partition coefficient (Wildman–Crippen LogP) is 4.20. The van der Waals surface area contributed by atoms with E-state index in [0.717, 1.165) is 43.5 Å². The third-order valence-electron chi connectivity index (χ3n) is 2.97. The number of rotatable bonds is 10. The minimum absolute atomic E-state index is 0.816. The molecule has 100 valence electrons. The first kappa shape index (κ1) is 15.9. The van der Waals surface area contributed by atoms with Crippen LogP contribution in [0.25, 0.3) is 0 Å². The highest BCUT2D eigenvalue weighted by Crippen LogP contribution is 2.10. The number of unbranched alkanes of at least 4 members (excludes halogenated alkanes) is 5. The lowest BCUT2D eigenvalue weighted by Gasteiger charge is -2.02. The van der Waals surface area contributed by atoms with Crippen molar-refractivity contribution in [3.63, 3.8) is 0 Å². The monoisotopic (exact) mass is 242 g/mol. The minimum Gasteiger partial charge on any atom is -0.411 e. The average molecular weight is 242 g/mol. The maximum absolute atomic E-state index is 8.63. The zero-order valence-corrected chi connectivity index (χ0v) is 11.2. The van der Waals surface area contributed by atoms with Gasteiger partial charge in [0.2, 0.25) is 0 Å². The Bertz CT molecular complexity index is 238. The Hall–Kier alpha value is -1.06. The van der Waals surface area contributed by atoms with E-state index in [-0.39, 0.29) is 0 Å². The largest absolute Gasteiger partial charge is 0.411 e. The zero-order valence-electron chi connectivity index (χ0n) is 11.2. The zero-order chi connectivity index (χ0) is 12.9. The van der Waals surface area contributed by atoms with Crippen molar-refractivity contribution < 1.29 is 10.4 Å². The van der Waals surface area contributed by atoms with Crippen molar-refractivity contribution in [1.29, 1.82) is 0 Å². The first-order valence-electron chi connectivity index (χ1n) is 6.61. The molecule has 4 heteroatoms. The Morgan fingerprint density at radius 2 is 1.35 bits per heavy atom. The van der Waals surface area contributed by atoms with Gasteiger partial charge in [-0.05, 0) is 39.0 Å². The molecule has 0 aliphatic rings. The van der Waals surface area contributed by atoms with Gasteiger partial charge in [0.05, 0.1) is 11.4 Å². The van der Waals surface area contributed by atoms with E-state index in [0.29, 0.717) is 0 Å². The van der Waals surface area contributed by atoms with Gasteiger partial charge in [-0.1, -0.05) is 42.9 Å². The summed E-state index contributed by atoms with van der Waals surface area (Å²) in [4.78, 5) is 0. The summed E-state index contributed by atoms with van der Waals surface area (Å²) in [7, 11) is 0. The lowest BCUT2D eigenvalue weighted by Crippen LogP contribution is -1.95. The summed E-state index contributed by atoms with van der Waals surface area (Å²) in [6, 6.07) is 0. The first-order valence-corrected chi connectivity index (χ1v) is 6.61. The maximum atomic E-state index is 8.63. The molecular weight excluding hydrogens is 216 g/mol. The van der Waals surface area contributed by atoms with Gasteiger partial charge in [0.1, 0.15) is 0 Å². The predicted molar refractivity (Wildman–Crippen MR) is 71.3 cm³/mol. The van der Waals surface area contributed by atoms with Crippen LogP contribution in [0.1, 0.15) is 71.6 Å². The molecule has 0 saturated carbocycles. The van der Waals surface area contributed by atoms with Crippen LogP contribution in [-0.2, 0) is 0 Å². The van der Waals surface area contributed by atoms with E-state index in [1.807, 2.05) is 13.8 Å². The van der Waals surface area contributed by atoms with Crippen molar-refractivity contribution in [2.75, 3.05) is 0 Å². The Balaban J connectivity index is 3.24. The van der Waals surface area contributed by atoms with Gasteiger partial charge >= 0.3 is 0 Å². The van der Waals surface area contributed by atoms with Crippen LogP contribution >= 0.6 is 0 Å². The summed E-state index contributed by atoms with van der Waals surface area (Å²) in [6.45, 7) is 3.86. The fourth-order valence-corrected chi connectivity index (χ4v) is 1.76. The third-order valence-corrected chi connectivity index (χ3v) is 2.97. The lowest BCUT2D eigenvalue weighted by molar-refractivity contribution is 0.316. The summed E-state index contributed by atoms with van der Waals surface area (Å²) >= 11 is 0. The van der Waals surface area contributed by atoms with Crippen molar-refractivity contribution in [2.45, 2.75) is 71.6 Å². The Morgan fingerprint density at radius 1 is 0.824 bits per heavy atom. The highest BCUT2D eigenvalue weighted by atomic mass is 16.4. The van der Waals surface area contributed by atoms with E-state index >= 15 is 0 Å². The summed E-state index contributed by atoms with van der Waals surface area (Å²) in [5, 5.41) is 23.5. The van der Waals surface area contributed by atoms with Gasteiger partial charge in [-0.15, -0.1) is 0 Å². The van der Waals surface area contributed by atoms with Crippen molar-refractivity contribution in [3.8, 4) is 0 Å². The van der Waals surface area contributed by atoms with E-state index in [1.165, 1.54) is 25.7 Å². The Morgan fingerprint density at radius 3 is 1.82 bits per heavy atom. The lowest BCUT2D eigenvalue weighted by atomic mass is 10.0. The van der Waals surface area contributed by atoms with Crippen LogP contribution in [0.4, 0.5) is 0 Å². The second-order valence-corrected chi connectivity index (χ2v) is 4.48. The van der Waals surface area contributed by atoms with Gasteiger partial charge in [0, 0.05) is 0 Å². The van der Waals surface area contributed by atoms with Crippen molar-refractivity contribution >= 4 is 11.4 Å². The summed E-state index contributed by atoms with van der Waals surface area (Å²) < 4.78 is 0. The molecule has 0 aromatic rings. The number of nitrogens with zero attached hydrogens (tertiary/aromatic N) is 2. The second-order valence-electron chi connectivity index (χ2n) is 4.48. The van der Waals surface area contributed by atoms with E-state index in [4.69, 9.17) is 10.4 Å². The quantitative estimate of drug-likeness (QED) is 0.261. The van der Waals surface area contributed by atoms with Gasteiger partial charge in [0.25, 0.3) is 0 Å². The molecule has 0 bridgehead atoms. The van der Waals surface area contributed by atoms with Crippen LogP contribution < -0.4 is 0 Å². The normalized spacial score (nSPS) is 13.1. The van der Waals surface area contributed by atoms with Crippen LogP contribution in [0, 0.1) is 0 Å². The van der Waals surface area contributed by atoms with Gasteiger partial charge in [-0.2, -0.15) is 0 Å². The highest BCUT2D eigenvalue weighted by molar-refractivity contribution is 5.83. The molecule has 0 amide bonds. The van der Waals surface area contributed by atoms with Crippen LogP contribution in [-0.4, -0.2) is 21.8 Å². The molecular formula is C13H26N2O2. The van der Waals surface area contributed by atoms with Crippen LogP contribution in [0.2, 0.25) is 0 Å². The molecule has 17 heavy (non-hydrogen) atoms. The average Bonchev–Trinajstić information content (AvgIpc) is 2.36. The van der Waals surface area contributed by atoms with E-state index < -0.39 is 0 Å². The number of hydrogen-bond acceptors (Lipinski definition) is 4. The van der Waals surface area contributed by atoms with E-state index in [2.05, 4.69) is 10.3 Å². The Labute approximate surface area is 104 Å². The molecule has 0 saturated heterocycles. The second kappa shape index (κ2) is 11.4. The third kappa shape index (κ3) is 9.85. The van der Waals surface area contributed by atoms with Crippen molar-refractivity contribution in [1.82, 2.24) is 0 Å². The molecule has 0 aromatic carbocycles. The molecule has 0 aliphatic carbocycles. The van der Waals surface area contributed by atoms with Gasteiger partial charge in [-0.25, -0.2) is 0 Å². The van der Waals surface area contributed by atoms with E-state index in [9.17, 15) is 0 Å². The molecule has 0 rings (SSSR count). The van der Waals surface area contributed by atoms with Gasteiger partial charge in [0.15, 0.2) is 0 Å². The van der Waals surface area contributed by atoms with Crippen LogP contribution in [0.5, 0.6) is 0 Å². The van der Waals surface area contributed by atoms with Crippen molar-refractivity contribution in [3.05, 3.63) is 0 Å². The Kier molecular flexibility index (Phi) is 10.7. The molecule has 2 N–H and O–H groups in total. The fourth-order valence-electron chi connectivity index (χ4n) is 1.76. The smallest absolute Gasteiger partial charge is 0.0568 e. The van der Waals surface area contributed by atoms with Crippen LogP contribution in [0.15, 0.2) is 10.3 Å². The molecule has 0 fully saturated rings. The molecule has 0 unspecified atom stereocenters. The molecule has 0 spiro atoms. The maximum Gasteiger partial charge on any atom is 0.0568 e. The summed E-state index contributed by atoms with van der Waals surface area (Å²) in [5.41, 5.74) is 1.72.